The summed E-state index contributed by atoms with van der Waals surface area (Å²) in [5.74, 6) is -0.658. The Morgan fingerprint density at radius 3 is 2.56 bits per heavy atom. The topological polar surface area (TPSA) is 40.5 Å². The molecule has 0 amide bonds. The maximum Gasteiger partial charge on any atom is 0.311 e. The average Bonchev–Trinajstić information content (AvgIpc) is 2.76. The second kappa shape index (κ2) is 5.11. The fraction of sp³-hybridized carbons (Fsp3) is 0.533. The molecule has 98 valence electrons. The van der Waals surface area contributed by atoms with E-state index in [1.54, 1.807) is 0 Å². The fourth-order valence-electron chi connectivity index (χ4n) is 2.73. The van der Waals surface area contributed by atoms with E-state index in [1.165, 1.54) is 0 Å². The summed E-state index contributed by atoms with van der Waals surface area (Å²) in [5, 5.41) is 9.60. The molecule has 0 aromatic heterocycles. The third kappa shape index (κ3) is 2.56. The molecule has 0 aliphatic carbocycles. The van der Waals surface area contributed by atoms with Crippen LogP contribution >= 0.6 is 0 Å². The molecule has 1 aliphatic rings. The minimum Gasteiger partial charge on any atom is -0.481 e. The number of carboxylic acid groups (broad SMARTS) is 1. The minimum atomic E-state index is -0.658. The van der Waals surface area contributed by atoms with Gasteiger partial charge in [0.1, 0.15) is 0 Å². The minimum absolute atomic E-state index is 0.419. The summed E-state index contributed by atoms with van der Waals surface area (Å²) in [5.41, 5.74) is 0.511. The Balaban J connectivity index is 2.17. The molecular weight excluding hydrogens is 226 g/mol. The fourth-order valence-corrected chi connectivity index (χ4v) is 2.73. The lowest BCUT2D eigenvalue weighted by atomic mass is 9.81. The quantitative estimate of drug-likeness (QED) is 0.888. The molecular formula is C15H21NO2. The maximum atomic E-state index is 11.7. The van der Waals surface area contributed by atoms with Crippen LogP contribution in [0.15, 0.2) is 30.3 Å². The van der Waals surface area contributed by atoms with Crippen molar-refractivity contribution in [1.29, 1.82) is 0 Å². The van der Waals surface area contributed by atoms with Gasteiger partial charge in [-0.2, -0.15) is 0 Å². The van der Waals surface area contributed by atoms with Crippen molar-refractivity contribution in [1.82, 2.24) is 4.90 Å². The Kier molecular flexibility index (Phi) is 3.71. The van der Waals surface area contributed by atoms with E-state index in [-0.39, 0.29) is 0 Å². The molecule has 0 bridgehead atoms. The summed E-state index contributed by atoms with van der Waals surface area (Å²) in [6.07, 6.45) is 1.38. The van der Waals surface area contributed by atoms with Gasteiger partial charge in [-0.15, -0.1) is 0 Å². The van der Waals surface area contributed by atoms with E-state index in [1.807, 2.05) is 30.3 Å². The first-order valence-electron chi connectivity index (χ1n) is 6.55. The first kappa shape index (κ1) is 13.1. The lowest BCUT2D eigenvalue weighted by Gasteiger charge is -2.26. The maximum absolute atomic E-state index is 11.7. The van der Waals surface area contributed by atoms with Crippen molar-refractivity contribution in [2.75, 3.05) is 13.1 Å². The van der Waals surface area contributed by atoms with Crippen LogP contribution in [0.1, 0.15) is 25.8 Å². The van der Waals surface area contributed by atoms with Crippen LogP contribution in [0, 0.1) is 5.41 Å². The highest BCUT2D eigenvalue weighted by atomic mass is 16.4. The Morgan fingerprint density at radius 1 is 1.39 bits per heavy atom. The van der Waals surface area contributed by atoms with Crippen LogP contribution in [0.2, 0.25) is 0 Å². The van der Waals surface area contributed by atoms with Gasteiger partial charge in [-0.05, 0) is 38.8 Å². The molecule has 0 saturated carbocycles. The number of rotatable bonds is 4. The van der Waals surface area contributed by atoms with Crippen LogP contribution < -0.4 is 0 Å². The monoisotopic (exact) mass is 247 g/mol. The van der Waals surface area contributed by atoms with Gasteiger partial charge in [-0.3, -0.25) is 9.69 Å². The molecule has 1 aliphatic heterocycles. The zero-order valence-corrected chi connectivity index (χ0v) is 11.1. The molecule has 1 aromatic rings. The van der Waals surface area contributed by atoms with Crippen LogP contribution in [0.5, 0.6) is 0 Å². The Hall–Kier alpha value is -1.35. The van der Waals surface area contributed by atoms with Crippen molar-refractivity contribution >= 4 is 5.97 Å². The summed E-state index contributed by atoms with van der Waals surface area (Å²) < 4.78 is 0. The van der Waals surface area contributed by atoms with Gasteiger partial charge in [-0.1, -0.05) is 30.3 Å². The molecule has 18 heavy (non-hydrogen) atoms. The highest BCUT2D eigenvalue weighted by molar-refractivity contribution is 5.76. The molecule has 1 heterocycles. The van der Waals surface area contributed by atoms with Crippen LogP contribution in [0.4, 0.5) is 0 Å². The van der Waals surface area contributed by atoms with Gasteiger partial charge in [0.05, 0.1) is 5.41 Å². The van der Waals surface area contributed by atoms with E-state index >= 15 is 0 Å². The molecule has 1 atom stereocenters. The molecule has 0 spiro atoms. The summed E-state index contributed by atoms with van der Waals surface area (Å²) in [6.45, 7) is 5.80. The van der Waals surface area contributed by atoms with Gasteiger partial charge in [0.25, 0.3) is 0 Å². The molecule has 1 N–H and O–H groups in total. The SMILES string of the molecule is CC(C)N1CCC(Cc2ccccc2)(C(=O)O)C1. The van der Waals surface area contributed by atoms with Crippen molar-refractivity contribution < 1.29 is 9.90 Å². The normalized spacial score (nSPS) is 24.6. The molecule has 3 nitrogen and oxygen atoms in total. The first-order chi connectivity index (χ1) is 8.53. The lowest BCUT2D eigenvalue weighted by Crippen LogP contribution is -2.38. The first-order valence-corrected chi connectivity index (χ1v) is 6.55. The van der Waals surface area contributed by atoms with Crippen molar-refractivity contribution in [2.24, 2.45) is 5.41 Å². The van der Waals surface area contributed by atoms with Gasteiger partial charge in [0.15, 0.2) is 0 Å². The number of hydrogen-bond donors (Lipinski definition) is 1. The Bertz CT molecular complexity index is 416. The number of nitrogens with zero attached hydrogens (tertiary/aromatic N) is 1. The van der Waals surface area contributed by atoms with Gasteiger partial charge in [0.2, 0.25) is 0 Å². The number of hydrogen-bond acceptors (Lipinski definition) is 2. The van der Waals surface area contributed by atoms with Crippen molar-refractivity contribution in [2.45, 2.75) is 32.7 Å². The number of likely N-dealkylation sites (tertiary alicyclic amines) is 1. The zero-order valence-electron chi connectivity index (χ0n) is 11.1. The highest BCUT2D eigenvalue weighted by Crippen LogP contribution is 2.35. The second-order valence-corrected chi connectivity index (χ2v) is 5.56. The number of aliphatic carboxylic acids is 1. The predicted molar refractivity (Wildman–Crippen MR) is 71.5 cm³/mol. The van der Waals surface area contributed by atoms with Crippen LogP contribution in [0.3, 0.4) is 0 Å². The summed E-state index contributed by atoms with van der Waals surface area (Å²) in [4.78, 5) is 13.9. The van der Waals surface area contributed by atoms with E-state index in [2.05, 4.69) is 18.7 Å². The number of benzene rings is 1. The summed E-state index contributed by atoms with van der Waals surface area (Å²) in [6, 6.07) is 10.4. The third-order valence-corrected chi connectivity index (χ3v) is 3.95. The van der Waals surface area contributed by atoms with Gasteiger partial charge in [-0.25, -0.2) is 0 Å². The van der Waals surface area contributed by atoms with Crippen molar-refractivity contribution in [3.05, 3.63) is 35.9 Å². The Morgan fingerprint density at radius 2 is 2.06 bits per heavy atom. The zero-order chi connectivity index (χ0) is 13.2. The molecule has 0 radical (unpaired) electrons. The predicted octanol–water partition coefficient (Wildman–Crippen LogP) is 2.41. The lowest BCUT2D eigenvalue weighted by molar-refractivity contribution is -0.148. The highest BCUT2D eigenvalue weighted by Gasteiger charge is 2.45. The Labute approximate surface area is 108 Å². The van der Waals surface area contributed by atoms with Gasteiger partial charge < -0.3 is 5.11 Å². The van der Waals surface area contributed by atoms with E-state index in [9.17, 15) is 9.90 Å². The van der Waals surface area contributed by atoms with E-state index < -0.39 is 11.4 Å². The van der Waals surface area contributed by atoms with Crippen LogP contribution in [-0.4, -0.2) is 35.1 Å². The van der Waals surface area contributed by atoms with Crippen LogP contribution in [0.25, 0.3) is 0 Å². The molecule has 1 aromatic carbocycles. The second-order valence-electron chi connectivity index (χ2n) is 5.56. The summed E-state index contributed by atoms with van der Waals surface area (Å²) >= 11 is 0. The van der Waals surface area contributed by atoms with E-state index in [0.717, 1.165) is 18.5 Å². The standard InChI is InChI=1S/C15H21NO2/c1-12(2)16-9-8-15(11-16,14(17)18)10-13-6-4-3-5-7-13/h3-7,12H,8-11H2,1-2H3,(H,17,18). The third-order valence-electron chi connectivity index (χ3n) is 3.95. The van der Waals surface area contributed by atoms with Crippen molar-refractivity contribution in [3.63, 3.8) is 0 Å². The molecule has 1 unspecified atom stereocenters. The summed E-state index contributed by atoms with van der Waals surface area (Å²) in [7, 11) is 0. The average molecular weight is 247 g/mol. The van der Waals surface area contributed by atoms with Gasteiger partial charge >= 0.3 is 5.97 Å². The molecule has 1 fully saturated rings. The molecule has 1 saturated heterocycles. The van der Waals surface area contributed by atoms with Crippen LogP contribution in [-0.2, 0) is 11.2 Å². The van der Waals surface area contributed by atoms with E-state index in [4.69, 9.17) is 0 Å². The van der Waals surface area contributed by atoms with Gasteiger partial charge in [0, 0.05) is 12.6 Å². The largest absolute Gasteiger partial charge is 0.481 e. The smallest absolute Gasteiger partial charge is 0.311 e. The van der Waals surface area contributed by atoms with Crippen molar-refractivity contribution in [3.8, 4) is 0 Å². The number of carboxylic acids is 1. The molecule has 2 rings (SSSR count). The van der Waals surface area contributed by atoms with E-state index in [0.29, 0.717) is 19.0 Å². The number of carbonyl (C=O) groups is 1. The molecule has 3 heteroatoms.